The van der Waals surface area contributed by atoms with Gasteiger partial charge >= 0.3 is 0 Å². The van der Waals surface area contributed by atoms with Gasteiger partial charge in [0.2, 0.25) is 0 Å². The van der Waals surface area contributed by atoms with Gasteiger partial charge in [-0.25, -0.2) is 0 Å². The first-order valence-electron chi connectivity index (χ1n) is 6.20. The van der Waals surface area contributed by atoms with Crippen LogP contribution in [0.15, 0.2) is 41.0 Å². The number of aryl methyl sites for hydroxylation is 1. The Morgan fingerprint density at radius 3 is 2.89 bits per heavy atom. The predicted octanol–water partition coefficient (Wildman–Crippen LogP) is 3.71. The first-order chi connectivity index (χ1) is 9.13. The van der Waals surface area contributed by atoms with Crippen LogP contribution in [0.4, 0.5) is 0 Å². The lowest BCUT2D eigenvalue weighted by Gasteiger charge is -2.29. The van der Waals surface area contributed by atoms with E-state index in [-0.39, 0.29) is 6.10 Å². The van der Waals surface area contributed by atoms with E-state index in [1.54, 1.807) is 6.20 Å². The third-order valence-corrected chi connectivity index (χ3v) is 3.78. The Balaban J connectivity index is 1.92. The number of halogens is 1. The molecule has 0 amide bonds. The van der Waals surface area contributed by atoms with E-state index in [1.165, 1.54) is 0 Å². The molecule has 1 aromatic heterocycles. The number of pyridine rings is 1. The Hall–Kier alpha value is -1.39. The van der Waals surface area contributed by atoms with Gasteiger partial charge in [0.25, 0.3) is 0 Å². The number of nitrogens with zero attached hydrogens (tertiary/aromatic N) is 1. The summed E-state index contributed by atoms with van der Waals surface area (Å²) in [4.78, 5) is 4.34. The molecule has 4 heteroatoms. The van der Waals surface area contributed by atoms with E-state index in [1.807, 2.05) is 37.3 Å². The fraction of sp³-hybridized carbons (Fsp3) is 0.267. The summed E-state index contributed by atoms with van der Waals surface area (Å²) in [6, 6.07) is 9.73. The van der Waals surface area contributed by atoms with Crippen molar-refractivity contribution in [3.8, 4) is 5.75 Å². The van der Waals surface area contributed by atoms with Crippen LogP contribution in [0.3, 0.4) is 0 Å². The summed E-state index contributed by atoms with van der Waals surface area (Å²) in [7, 11) is 0. The van der Waals surface area contributed by atoms with Crippen molar-refractivity contribution in [1.29, 1.82) is 0 Å². The fourth-order valence-electron chi connectivity index (χ4n) is 2.33. The first-order valence-corrected chi connectivity index (χ1v) is 6.99. The van der Waals surface area contributed by atoms with Gasteiger partial charge in [0.15, 0.2) is 0 Å². The molecule has 3 nitrogen and oxygen atoms in total. The number of hydrogen-bond acceptors (Lipinski definition) is 3. The second kappa shape index (κ2) is 4.94. The minimum Gasteiger partial charge on any atom is -0.484 e. The summed E-state index contributed by atoms with van der Waals surface area (Å²) in [5.41, 5.74) is 2.84. The van der Waals surface area contributed by atoms with Crippen molar-refractivity contribution in [3.05, 3.63) is 57.8 Å². The zero-order chi connectivity index (χ0) is 13.4. The summed E-state index contributed by atoms with van der Waals surface area (Å²) in [5.74, 6) is 0.749. The SMILES string of the molecule is Cc1ccc2c(c1)[C@@H](O)CC(c1ccc(Br)cn1)O2. The highest BCUT2D eigenvalue weighted by atomic mass is 79.9. The van der Waals surface area contributed by atoms with Crippen molar-refractivity contribution in [2.45, 2.75) is 25.6 Å². The van der Waals surface area contributed by atoms with E-state index >= 15 is 0 Å². The maximum absolute atomic E-state index is 10.3. The van der Waals surface area contributed by atoms with E-state index in [4.69, 9.17) is 4.74 Å². The van der Waals surface area contributed by atoms with Gasteiger partial charge in [-0.15, -0.1) is 0 Å². The normalized spacial score (nSPS) is 21.6. The molecule has 1 aliphatic rings. The molecule has 2 heterocycles. The van der Waals surface area contributed by atoms with Crippen LogP contribution in [0, 0.1) is 6.92 Å². The van der Waals surface area contributed by atoms with Crippen LogP contribution < -0.4 is 4.74 Å². The van der Waals surface area contributed by atoms with Crippen molar-refractivity contribution in [1.82, 2.24) is 4.98 Å². The molecule has 0 spiro atoms. The van der Waals surface area contributed by atoms with Gasteiger partial charge < -0.3 is 9.84 Å². The van der Waals surface area contributed by atoms with Gasteiger partial charge in [0, 0.05) is 22.7 Å². The molecule has 0 saturated carbocycles. The second-order valence-electron chi connectivity index (χ2n) is 4.80. The molecule has 0 saturated heterocycles. The van der Waals surface area contributed by atoms with Gasteiger partial charge in [0.05, 0.1) is 11.8 Å². The maximum Gasteiger partial charge on any atom is 0.143 e. The average molecular weight is 320 g/mol. The smallest absolute Gasteiger partial charge is 0.143 e. The van der Waals surface area contributed by atoms with Gasteiger partial charge in [-0.2, -0.15) is 0 Å². The van der Waals surface area contributed by atoms with Crippen LogP contribution >= 0.6 is 15.9 Å². The number of rotatable bonds is 1. The van der Waals surface area contributed by atoms with Crippen LogP contribution in [-0.2, 0) is 0 Å². The van der Waals surface area contributed by atoms with Crippen LogP contribution in [0.1, 0.15) is 35.4 Å². The number of fused-ring (bicyclic) bond motifs is 1. The van der Waals surface area contributed by atoms with Gasteiger partial charge in [0.1, 0.15) is 11.9 Å². The third-order valence-electron chi connectivity index (χ3n) is 3.31. The molecule has 0 fully saturated rings. The quantitative estimate of drug-likeness (QED) is 0.871. The molecule has 19 heavy (non-hydrogen) atoms. The molecular formula is C15H14BrNO2. The highest BCUT2D eigenvalue weighted by molar-refractivity contribution is 9.10. The summed E-state index contributed by atoms with van der Waals surface area (Å²) in [6.45, 7) is 2.01. The van der Waals surface area contributed by atoms with Crippen LogP contribution in [0.5, 0.6) is 5.75 Å². The zero-order valence-electron chi connectivity index (χ0n) is 10.5. The highest BCUT2D eigenvalue weighted by Crippen LogP contribution is 2.40. The molecule has 1 unspecified atom stereocenters. The van der Waals surface area contributed by atoms with Crippen molar-refractivity contribution in [3.63, 3.8) is 0 Å². The predicted molar refractivity (Wildman–Crippen MR) is 76.1 cm³/mol. The van der Waals surface area contributed by atoms with Crippen LogP contribution in [0.2, 0.25) is 0 Å². The van der Waals surface area contributed by atoms with Crippen molar-refractivity contribution in [2.75, 3.05) is 0 Å². The highest BCUT2D eigenvalue weighted by Gasteiger charge is 2.28. The topological polar surface area (TPSA) is 42.4 Å². The molecule has 1 aliphatic heterocycles. The number of ether oxygens (including phenoxy) is 1. The maximum atomic E-state index is 10.3. The van der Waals surface area contributed by atoms with E-state index in [0.717, 1.165) is 27.0 Å². The molecule has 98 valence electrons. The molecule has 2 atom stereocenters. The molecule has 1 aromatic carbocycles. The minimum absolute atomic E-state index is 0.196. The Morgan fingerprint density at radius 1 is 1.32 bits per heavy atom. The largest absolute Gasteiger partial charge is 0.484 e. The molecule has 0 radical (unpaired) electrons. The average Bonchev–Trinajstić information content (AvgIpc) is 2.40. The number of hydrogen-bond donors (Lipinski definition) is 1. The molecule has 0 aliphatic carbocycles. The van der Waals surface area contributed by atoms with Crippen molar-refractivity contribution < 1.29 is 9.84 Å². The zero-order valence-corrected chi connectivity index (χ0v) is 12.1. The summed E-state index contributed by atoms with van der Waals surface area (Å²) >= 11 is 3.36. The summed E-state index contributed by atoms with van der Waals surface area (Å²) in [6.07, 6.45) is 1.58. The summed E-state index contributed by atoms with van der Waals surface area (Å²) in [5, 5.41) is 10.3. The Bertz CT molecular complexity index is 598. The lowest BCUT2D eigenvalue weighted by Crippen LogP contribution is -2.19. The van der Waals surface area contributed by atoms with E-state index < -0.39 is 6.10 Å². The third kappa shape index (κ3) is 2.51. The molecule has 1 N–H and O–H groups in total. The number of aliphatic hydroxyl groups excluding tert-OH is 1. The molecule has 3 rings (SSSR count). The molecular weight excluding hydrogens is 306 g/mol. The Labute approximate surface area is 120 Å². The van der Waals surface area contributed by atoms with Gasteiger partial charge in [-0.1, -0.05) is 11.6 Å². The molecule has 0 bridgehead atoms. The van der Waals surface area contributed by atoms with Crippen LogP contribution in [-0.4, -0.2) is 10.1 Å². The van der Waals surface area contributed by atoms with E-state index in [9.17, 15) is 5.11 Å². The van der Waals surface area contributed by atoms with Crippen molar-refractivity contribution in [2.24, 2.45) is 0 Å². The fourth-order valence-corrected chi connectivity index (χ4v) is 2.56. The first kappa shape index (κ1) is 12.6. The second-order valence-corrected chi connectivity index (χ2v) is 5.72. The molecule has 2 aromatic rings. The standard InChI is InChI=1S/C15H14BrNO2/c1-9-2-5-14-11(6-9)13(18)7-15(19-14)12-4-3-10(16)8-17-12/h2-6,8,13,15,18H,7H2,1H3/t13-,15?/m0/s1. The Kier molecular flexibility index (Phi) is 3.29. The summed E-state index contributed by atoms with van der Waals surface area (Å²) < 4.78 is 6.88. The number of benzene rings is 1. The monoisotopic (exact) mass is 319 g/mol. The number of aliphatic hydroxyl groups is 1. The van der Waals surface area contributed by atoms with E-state index in [0.29, 0.717) is 6.42 Å². The van der Waals surface area contributed by atoms with E-state index in [2.05, 4.69) is 20.9 Å². The van der Waals surface area contributed by atoms with Crippen molar-refractivity contribution >= 4 is 15.9 Å². The lowest BCUT2D eigenvalue weighted by atomic mass is 9.96. The van der Waals surface area contributed by atoms with Gasteiger partial charge in [-0.05, 0) is 47.1 Å². The lowest BCUT2D eigenvalue weighted by molar-refractivity contribution is 0.0636. The van der Waals surface area contributed by atoms with Gasteiger partial charge in [-0.3, -0.25) is 4.98 Å². The minimum atomic E-state index is -0.501. The Morgan fingerprint density at radius 2 is 2.16 bits per heavy atom. The van der Waals surface area contributed by atoms with Crippen LogP contribution in [0.25, 0.3) is 0 Å². The number of aromatic nitrogens is 1.